The molecule has 1 N–H and O–H groups in total. The third-order valence-corrected chi connectivity index (χ3v) is 3.72. The van der Waals surface area contributed by atoms with Crippen molar-refractivity contribution in [3.8, 4) is 11.5 Å². The van der Waals surface area contributed by atoms with Gasteiger partial charge in [0.1, 0.15) is 11.5 Å². The van der Waals surface area contributed by atoms with Gasteiger partial charge in [-0.15, -0.1) is 0 Å². The average Bonchev–Trinajstić information content (AvgIpc) is 2.49. The molecule has 0 spiro atoms. The summed E-state index contributed by atoms with van der Waals surface area (Å²) in [5.74, 6) is 1.24. The van der Waals surface area contributed by atoms with Crippen LogP contribution in [0.4, 0.5) is 0 Å². The molecule has 0 bridgehead atoms. The van der Waals surface area contributed by atoms with E-state index in [1.165, 1.54) is 0 Å². The molecule has 0 aliphatic rings. The molecule has 0 atom stereocenters. The molecule has 0 radical (unpaired) electrons. The van der Waals surface area contributed by atoms with E-state index in [1.807, 2.05) is 24.3 Å². The van der Waals surface area contributed by atoms with Crippen LogP contribution < -0.4 is 4.74 Å². The Hall–Kier alpha value is -1.04. The zero-order chi connectivity index (χ0) is 16.4. The fourth-order valence-electron chi connectivity index (χ4n) is 1.54. The van der Waals surface area contributed by atoms with Gasteiger partial charge in [0, 0.05) is 15.5 Å². The summed E-state index contributed by atoms with van der Waals surface area (Å²) in [6, 6.07) is 14.8. The quantitative estimate of drug-likeness (QED) is 0.682. The smallest absolute Gasteiger partial charge is 0.119 e. The Morgan fingerprint density at radius 3 is 1.86 bits per heavy atom. The summed E-state index contributed by atoms with van der Waals surface area (Å²) in [4.78, 5) is 2.16. The number of phenols is 1. The van der Waals surface area contributed by atoms with Crippen LogP contribution in [0.1, 0.15) is 6.42 Å². The van der Waals surface area contributed by atoms with Crippen LogP contribution in [0, 0.1) is 0 Å². The molecule has 5 heteroatoms. The Bertz CT molecular complexity index is 506. The van der Waals surface area contributed by atoms with Crippen molar-refractivity contribution in [1.29, 1.82) is 0 Å². The van der Waals surface area contributed by atoms with Gasteiger partial charge >= 0.3 is 0 Å². The van der Waals surface area contributed by atoms with Gasteiger partial charge in [0.05, 0.1) is 6.61 Å². The Morgan fingerprint density at radius 1 is 0.909 bits per heavy atom. The molecule has 0 saturated carbocycles. The summed E-state index contributed by atoms with van der Waals surface area (Å²) in [6.45, 7) is 1.84. The first-order chi connectivity index (χ1) is 10.5. The molecule has 2 aromatic rings. The van der Waals surface area contributed by atoms with Crippen LogP contribution in [-0.4, -0.2) is 37.3 Å². The Labute approximate surface area is 149 Å². The third kappa shape index (κ3) is 9.07. The highest BCUT2D eigenvalue weighted by Gasteiger charge is 1.94. The van der Waals surface area contributed by atoms with E-state index in [9.17, 15) is 0 Å². The number of phenolic OH excluding ortho intramolecular Hbond substituents is 1. The molecule has 3 nitrogen and oxygen atoms in total. The largest absolute Gasteiger partial charge is 0.508 e. The minimum atomic E-state index is 0.299. The summed E-state index contributed by atoms with van der Waals surface area (Å²) in [5, 5.41) is 8.74. The van der Waals surface area contributed by atoms with E-state index in [0.29, 0.717) is 5.75 Å². The first kappa shape index (κ1) is 19.0. The van der Waals surface area contributed by atoms with Crippen molar-refractivity contribution in [1.82, 2.24) is 4.90 Å². The van der Waals surface area contributed by atoms with Crippen molar-refractivity contribution in [3.63, 3.8) is 0 Å². The van der Waals surface area contributed by atoms with Crippen molar-refractivity contribution < 1.29 is 9.84 Å². The van der Waals surface area contributed by atoms with E-state index < -0.39 is 0 Å². The number of halogens is 2. The summed E-state index contributed by atoms with van der Waals surface area (Å²) in [5.41, 5.74) is 0. The first-order valence-corrected chi connectivity index (χ1v) is 8.53. The van der Waals surface area contributed by atoms with Gasteiger partial charge in [0.2, 0.25) is 0 Å². The molecule has 22 heavy (non-hydrogen) atoms. The normalized spacial score (nSPS) is 10.0. The SMILES string of the molecule is CN(C)CCCOc1ccc(Br)cc1.Oc1ccc(Br)cc1. The maximum absolute atomic E-state index is 8.74. The number of benzene rings is 2. The molecule has 0 aliphatic heterocycles. The lowest BCUT2D eigenvalue weighted by Gasteiger charge is -2.10. The van der Waals surface area contributed by atoms with Crippen molar-refractivity contribution >= 4 is 31.9 Å². The van der Waals surface area contributed by atoms with E-state index in [2.05, 4.69) is 50.9 Å². The highest BCUT2D eigenvalue weighted by Crippen LogP contribution is 2.16. The fourth-order valence-corrected chi connectivity index (χ4v) is 2.07. The minimum absolute atomic E-state index is 0.299. The standard InChI is InChI=1S/C11H16BrNO.C6H5BrO/c1-13(2)8-3-9-14-11-6-4-10(12)5-7-11;7-5-1-3-6(8)4-2-5/h4-7H,3,8-9H2,1-2H3;1-4,8H. The fraction of sp³-hybridized carbons (Fsp3) is 0.294. The molecule has 0 unspecified atom stereocenters. The van der Waals surface area contributed by atoms with Crippen LogP contribution in [0.3, 0.4) is 0 Å². The molecule has 0 heterocycles. The summed E-state index contributed by atoms with van der Waals surface area (Å²) in [6.07, 6.45) is 1.06. The van der Waals surface area contributed by atoms with E-state index in [0.717, 1.165) is 34.3 Å². The van der Waals surface area contributed by atoms with E-state index in [4.69, 9.17) is 9.84 Å². The number of rotatable bonds is 5. The van der Waals surface area contributed by atoms with E-state index in [-0.39, 0.29) is 0 Å². The van der Waals surface area contributed by atoms with Crippen LogP contribution in [0.2, 0.25) is 0 Å². The minimum Gasteiger partial charge on any atom is -0.508 e. The van der Waals surface area contributed by atoms with Crippen molar-refractivity contribution in [2.75, 3.05) is 27.2 Å². The van der Waals surface area contributed by atoms with Gasteiger partial charge in [-0.05, 0) is 69.0 Å². The van der Waals surface area contributed by atoms with Crippen molar-refractivity contribution in [3.05, 3.63) is 57.5 Å². The molecule has 120 valence electrons. The number of hydrogen-bond donors (Lipinski definition) is 1. The Morgan fingerprint density at radius 2 is 1.41 bits per heavy atom. The summed E-state index contributed by atoms with van der Waals surface area (Å²) < 4.78 is 7.63. The van der Waals surface area contributed by atoms with Crippen LogP contribution in [0.15, 0.2) is 57.5 Å². The zero-order valence-electron chi connectivity index (χ0n) is 12.8. The predicted molar refractivity (Wildman–Crippen MR) is 98.6 cm³/mol. The molecule has 0 fully saturated rings. The molecule has 0 aliphatic carbocycles. The van der Waals surface area contributed by atoms with Gasteiger partial charge < -0.3 is 14.7 Å². The predicted octanol–water partition coefficient (Wildman–Crippen LogP) is 4.93. The van der Waals surface area contributed by atoms with Gasteiger partial charge in [-0.2, -0.15) is 0 Å². The van der Waals surface area contributed by atoms with Gasteiger partial charge in [0.25, 0.3) is 0 Å². The third-order valence-electron chi connectivity index (χ3n) is 2.66. The summed E-state index contributed by atoms with van der Waals surface area (Å²) in [7, 11) is 4.14. The van der Waals surface area contributed by atoms with Crippen LogP contribution in [-0.2, 0) is 0 Å². The lowest BCUT2D eigenvalue weighted by atomic mass is 10.3. The van der Waals surface area contributed by atoms with Crippen molar-refractivity contribution in [2.45, 2.75) is 6.42 Å². The Kier molecular flexibility index (Phi) is 9.20. The maximum atomic E-state index is 8.74. The van der Waals surface area contributed by atoms with E-state index >= 15 is 0 Å². The highest BCUT2D eigenvalue weighted by atomic mass is 79.9. The second-order valence-corrected chi connectivity index (χ2v) is 6.77. The topological polar surface area (TPSA) is 32.7 Å². The van der Waals surface area contributed by atoms with Crippen LogP contribution in [0.25, 0.3) is 0 Å². The molecule has 2 aromatic carbocycles. The maximum Gasteiger partial charge on any atom is 0.119 e. The van der Waals surface area contributed by atoms with E-state index in [1.54, 1.807) is 24.3 Å². The number of ether oxygens (including phenoxy) is 1. The lowest BCUT2D eigenvalue weighted by molar-refractivity contribution is 0.281. The van der Waals surface area contributed by atoms with Crippen LogP contribution in [0.5, 0.6) is 11.5 Å². The molecule has 2 rings (SSSR count). The second kappa shape index (κ2) is 10.6. The highest BCUT2D eigenvalue weighted by molar-refractivity contribution is 9.10. The molecular weight excluding hydrogens is 410 g/mol. The van der Waals surface area contributed by atoms with Crippen molar-refractivity contribution in [2.24, 2.45) is 0 Å². The monoisotopic (exact) mass is 429 g/mol. The molecule has 0 saturated heterocycles. The number of nitrogens with zero attached hydrogens (tertiary/aromatic N) is 1. The van der Waals surface area contributed by atoms with Gasteiger partial charge in [-0.3, -0.25) is 0 Å². The number of aromatic hydroxyl groups is 1. The Balaban J connectivity index is 0.000000255. The lowest BCUT2D eigenvalue weighted by Crippen LogP contribution is -2.15. The van der Waals surface area contributed by atoms with Gasteiger partial charge in [-0.25, -0.2) is 0 Å². The zero-order valence-corrected chi connectivity index (χ0v) is 16.0. The number of hydrogen-bond acceptors (Lipinski definition) is 3. The molecule has 0 aromatic heterocycles. The first-order valence-electron chi connectivity index (χ1n) is 6.95. The van der Waals surface area contributed by atoms with Gasteiger partial charge in [-0.1, -0.05) is 31.9 Å². The second-order valence-electron chi connectivity index (χ2n) is 4.94. The molecular formula is C17H21Br2NO2. The van der Waals surface area contributed by atoms with Gasteiger partial charge in [0.15, 0.2) is 0 Å². The summed E-state index contributed by atoms with van der Waals surface area (Å²) >= 11 is 6.62. The molecule has 0 amide bonds. The van der Waals surface area contributed by atoms with Crippen LogP contribution >= 0.6 is 31.9 Å². The average molecular weight is 431 g/mol.